The van der Waals surface area contributed by atoms with Gasteiger partial charge in [-0.25, -0.2) is 0 Å². The molecule has 4 rings (SSSR count). The van der Waals surface area contributed by atoms with Crippen molar-refractivity contribution < 1.29 is 0 Å². The van der Waals surface area contributed by atoms with Crippen LogP contribution in [0.5, 0.6) is 0 Å². The van der Waals surface area contributed by atoms with E-state index < -0.39 is 8.07 Å². The third-order valence-corrected chi connectivity index (χ3v) is 10.4. The molecule has 2 aliphatic carbocycles. The van der Waals surface area contributed by atoms with Crippen molar-refractivity contribution in [3.8, 4) is 0 Å². The van der Waals surface area contributed by atoms with Crippen LogP contribution in [0.1, 0.15) is 41.0 Å². The van der Waals surface area contributed by atoms with E-state index >= 15 is 0 Å². The van der Waals surface area contributed by atoms with Crippen molar-refractivity contribution in [2.45, 2.75) is 43.4 Å². The van der Waals surface area contributed by atoms with Gasteiger partial charge in [-0.3, -0.25) is 0 Å². The Morgan fingerprint density at radius 1 is 0.708 bits per heavy atom. The van der Waals surface area contributed by atoms with Crippen LogP contribution in [0.4, 0.5) is 0 Å². The van der Waals surface area contributed by atoms with E-state index in [1.165, 1.54) is 22.3 Å². The van der Waals surface area contributed by atoms with Crippen molar-refractivity contribution in [1.29, 1.82) is 0 Å². The molecule has 2 unspecified atom stereocenters. The smallest absolute Gasteiger partial charge is 0.0525 e. The van der Waals surface area contributed by atoms with Crippen LogP contribution in [0.15, 0.2) is 60.7 Å². The summed E-state index contributed by atoms with van der Waals surface area (Å²) in [6.07, 6.45) is 9.61. The van der Waals surface area contributed by atoms with Crippen LogP contribution in [0.2, 0.25) is 24.7 Å². The SMILES string of the molecule is CC(C1C=Cc2ccccc21)(C1C=Cc2ccccc21)[Si](C)(C)C. The number of hydrogen-bond acceptors (Lipinski definition) is 0. The zero-order valence-corrected chi connectivity index (χ0v) is 16.1. The maximum Gasteiger partial charge on any atom is 0.0525 e. The summed E-state index contributed by atoms with van der Waals surface area (Å²) in [6.45, 7) is 10.2. The molecular weight excluding hydrogens is 304 g/mol. The van der Waals surface area contributed by atoms with Crippen LogP contribution < -0.4 is 0 Å². The summed E-state index contributed by atoms with van der Waals surface area (Å²) in [5.74, 6) is 1.00. The molecular formula is C23H26Si. The highest BCUT2D eigenvalue weighted by molar-refractivity contribution is 6.79. The third kappa shape index (κ3) is 2.11. The first-order chi connectivity index (χ1) is 11.4. The Balaban J connectivity index is 1.88. The molecule has 0 amide bonds. The first kappa shape index (κ1) is 15.7. The lowest BCUT2D eigenvalue weighted by molar-refractivity contribution is 0.484. The molecule has 0 nitrogen and oxygen atoms in total. The minimum absolute atomic E-state index is 0.249. The van der Waals surface area contributed by atoms with E-state index in [4.69, 9.17) is 0 Å². The van der Waals surface area contributed by atoms with Crippen LogP contribution in [0.25, 0.3) is 12.2 Å². The van der Waals surface area contributed by atoms with E-state index in [0.29, 0.717) is 11.8 Å². The van der Waals surface area contributed by atoms with Gasteiger partial charge in [-0.05, 0) is 27.3 Å². The Hall–Kier alpha value is -1.86. The molecule has 2 aromatic carbocycles. The largest absolute Gasteiger partial charge is 0.0761 e. The molecule has 0 saturated heterocycles. The highest BCUT2D eigenvalue weighted by Gasteiger charge is 2.52. The van der Waals surface area contributed by atoms with Gasteiger partial charge in [0.25, 0.3) is 0 Å². The van der Waals surface area contributed by atoms with Gasteiger partial charge in [0.2, 0.25) is 0 Å². The third-order valence-electron chi connectivity index (χ3n) is 6.51. The van der Waals surface area contributed by atoms with E-state index in [9.17, 15) is 0 Å². The van der Waals surface area contributed by atoms with Crippen LogP contribution in [-0.2, 0) is 0 Å². The average Bonchev–Trinajstić information content (AvgIpc) is 3.18. The van der Waals surface area contributed by atoms with Crippen LogP contribution in [0.3, 0.4) is 0 Å². The first-order valence-electron chi connectivity index (χ1n) is 8.97. The van der Waals surface area contributed by atoms with Crippen LogP contribution >= 0.6 is 0 Å². The highest BCUT2D eigenvalue weighted by atomic mass is 28.3. The molecule has 24 heavy (non-hydrogen) atoms. The van der Waals surface area contributed by atoms with Gasteiger partial charge in [-0.2, -0.15) is 0 Å². The summed E-state index contributed by atoms with van der Waals surface area (Å²) in [7, 11) is -1.48. The maximum absolute atomic E-state index is 2.55. The van der Waals surface area contributed by atoms with Gasteiger partial charge < -0.3 is 0 Å². The molecule has 0 heterocycles. The van der Waals surface area contributed by atoms with E-state index in [1.807, 2.05) is 0 Å². The molecule has 0 saturated carbocycles. The second-order valence-electron chi connectivity index (χ2n) is 8.46. The minimum atomic E-state index is -1.48. The van der Waals surface area contributed by atoms with Crippen LogP contribution in [-0.4, -0.2) is 8.07 Å². The summed E-state index contributed by atoms with van der Waals surface area (Å²) in [5.41, 5.74) is 5.84. The van der Waals surface area contributed by atoms with Gasteiger partial charge in [0.05, 0.1) is 8.07 Å². The van der Waals surface area contributed by atoms with E-state index in [2.05, 4.69) is 99.4 Å². The zero-order valence-electron chi connectivity index (χ0n) is 15.1. The maximum atomic E-state index is 2.55. The van der Waals surface area contributed by atoms with Crippen molar-refractivity contribution in [3.63, 3.8) is 0 Å². The molecule has 0 spiro atoms. The fourth-order valence-corrected chi connectivity index (χ4v) is 7.04. The summed E-state index contributed by atoms with van der Waals surface area (Å²) in [5, 5.41) is 0.249. The predicted molar refractivity (Wildman–Crippen MR) is 108 cm³/mol. The fourth-order valence-electron chi connectivity index (χ4n) is 4.67. The Bertz CT molecular complexity index is 774. The van der Waals surface area contributed by atoms with Crippen molar-refractivity contribution in [1.82, 2.24) is 0 Å². The monoisotopic (exact) mass is 330 g/mol. The van der Waals surface area contributed by atoms with Crippen molar-refractivity contribution in [3.05, 3.63) is 82.9 Å². The highest BCUT2D eigenvalue weighted by Crippen LogP contribution is 2.63. The molecule has 0 N–H and O–H groups in total. The van der Waals surface area contributed by atoms with E-state index in [-0.39, 0.29) is 5.04 Å². The molecule has 0 radical (unpaired) electrons. The second kappa shape index (κ2) is 5.32. The van der Waals surface area contributed by atoms with Crippen LogP contribution in [0, 0.1) is 0 Å². The molecule has 0 aromatic heterocycles. The normalized spacial score (nSPS) is 23.8. The lowest BCUT2D eigenvalue weighted by atomic mass is 9.76. The Morgan fingerprint density at radius 3 is 1.54 bits per heavy atom. The lowest BCUT2D eigenvalue weighted by Crippen LogP contribution is -2.44. The van der Waals surface area contributed by atoms with Gasteiger partial charge >= 0.3 is 0 Å². The number of benzene rings is 2. The number of fused-ring (bicyclic) bond motifs is 2. The molecule has 1 heteroatoms. The second-order valence-corrected chi connectivity index (χ2v) is 14.0. The molecule has 122 valence electrons. The Labute approximate surface area is 146 Å². The number of allylic oxidation sites excluding steroid dienone is 2. The minimum Gasteiger partial charge on any atom is -0.0761 e. The number of hydrogen-bond donors (Lipinski definition) is 0. The summed E-state index contributed by atoms with van der Waals surface area (Å²) in [4.78, 5) is 0. The lowest BCUT2D eigenvalue weighted by Gasteiger charge is -2.49. The Morgan fingerprint density at radius 2 is 1.12 bits per heavy atom. The Kier molecular flexibility index (Phi) is 3.47. The van der Waals surface area contributed by atoms with Gasteiger partial charge in [0, 0.05) is 11.8 Å². The molecule has 0 fully saturated rings. The summed E-state index contributed by atoms with van der Waals surface area (Å²) < 4.78 is 0. The van der Waals surface area contributed by atoms with E-state index in [1.54, 1.807) is 0 Å². The standard InChI is InChI=1S/C23H26Si/c1-23(24(2,3)4,21-15-13-17-9-5-7-11-19(17)21)22-16-14-18-10-6-8-12-20(18)22/h5-16,21-22H,1-4H3. The van der Waals surface area contributed by atoms with Gasteiger partial charge in [-0.1, -0.05) is 99.4 Å². The number of rotatable bonds is 3. The summed E-state index contributed by atoms with van der Waals surface area (Å²) in [6, 6.07) is 17.9. The van der Waals surface area contributed by atoms with Gasteiger partial charge in [0.1, 0.15) is 0 Å². The summed E-state index contributed by atoms with van der Waals surface area (Å²) >= 11 is 0. The van der Waals surface area contributed by atoms with Gasteiger partial charge in [-0.15, -0.1) is 0 Å². The molecule has 2 aromatic rings. The van der Waals surface area contributed by atoms with E-state index in [0.717, 1.165) is 0 Å². The topological polar surface area (TPSA) is 0 Å². The quantitative estimate of drug-likeness (QED) is 0.549. The fraction of sp³-hybridized carbons (Fsp3) is 0.304. The zero-order chi connectivity index (χ0) is 16.9. The molecule has 0 aliphatic heterocycles. The first-order valence-corrected chi connectivity index (χ1v) is 12.5. The molecule has 2 aliphatic rings. The van der Waals surface area contributed by atoms with Crippen molar-refractivity contribution >= 4 is 20.2 Å². The average molecular weight is 331 g/mol. The molecule has 0 bridgehead atoms. The molecule has 2 atom stereocenters. The van der Waals surface area contributed by atoms with Crippen molar-refractivity contribution in [2.24, 2.45) is 0 Å². The predicted octanol–water partition coefficient (Wildman–Crippen LogP) is 6.71. The van der Waals surface area contributed by atoms with Crippen molar-refractivity contribution in [2.75, 3.05) is 0 Å². The van der Waals surface area contributed by atoms with Gasteiger partial charge in [0.15, 0.2) is 0 Å².